The summed E-state index contributed by atoms with van der Waals surface area (Å²) < 4.78 is 17.4. The van der Waals surface area contributed by atoms with Crippen LogP contribution in [0.4, 0.5) is 4.79 Å². The van der Waals surface area contributed by atoms with E-state index in [4.69, 9.17) is 9.47 Å². The molecule has 9 heteroatoms. The Hall–Kier alpha value is -2.53. The number of hydrogen-bond donors (Lipinski definition) is 0. The number of rotatable bonds is 8. The molecule has 0 unspecified atom stereocenters. The van der Waals surface area contributed by atoms with Gasteiger partial charge in [-0.1, -0.05) is 18.2 Å². The van der Waals surface area contributed by atoms with Crippen LogP contribution < -0.4 is 9.47 Å². The molecule has 0 bridgehead atoms. The Morgan fingerprint density at radius 1 is 1.12 bits per heavy atom. The van der Waals surface area contributed by atoms with E-state index < -0.39 is 23.2 Å². The molecule has 1 aliphatic heterocycles. The van der Waals surface area contributed by atoms with E-state index in [0.29, 0.717) is 30.3 Å². The van der Waals surface area contributed by atoms with Gasteiger partial charge in [0.05, 0.1) is 18.6 Å². The van der Waals surface area contributed by atoms with Crippen LogP contribution >= 0.6 is 34.4 Å². The lowest BCUT2D eigenvalue weighted by Gasteiger charge is -2.18. The number of halogens is 1. The molecule has 0 radical (unpaired) electrons. The Bertz CT molecular complexity index is 1050. The highest BCUT2D eigenvalue weighted by atomic mass is 127. The zero-order chi connectivity index (χ0) is 23.3. The van der Waals surface area contributed by atoms with Crippen molar-refractivity contribution in [3.63, 3.8) is 0 Å². The first-order valence-corrected chi connectivity index (χ1v) is 11.7. The van der Waals surface area contributed by atoms with Crippen molar-refractivity contribution in [2.45, 2.75) is 26.5 Å². The summed E-state index contributed by atoms with van der Waals surface area (Å²) >= 11 is 3.03. The third kappa shape index (κ3) is 5.63. The summed E-state index contributed by atoms with van der Waals surface area (Å²) in [5, 5.41) is -0.512. The molecule has 3 rings (SSSR count). The standard InChI is InChI=1S/C23H22INO6S/c1-4-30-19-11-16(7-10-18(19)31-13-15-5-8-17(24)9-6-15)12-20-21(26)25(23(28)32-20)14(2)22(27)29-3/h5-12,14H,4,13H2,1-3H3/b20-12+/t14-/m1/s1. The minimum atomic E-state index is -0.991. The number of amides is 2. The van der Waals surface area contributed by atoms with E-state index in [2.05, 4.69) is 27.3 Å². The Morgan fingerprint density at radius 3 is 2.50 bits per heavy atom. The number of thioether (sulfide) groups is 1. The van der Waals surface area contributed by atoms with E-state index >= 15 is 0 Å². The van der Waals surface area contributed by atoms with Crippen molar-refractivity contribution >= 4 is 57.5 Å². The van der Waals surface area contributed by atoms with Crippen LogP contribution in [0, 0.1) is 3.57 Å². The van der Waals surface area contributed by atoms with Crippen molar-refractivity contribution in [2.24, 2.45) is 0 Å². The smallest absolute Gasteiger partial charge is 0.328 e. The number of imide groups is 1. The van der Waals surface area contributed by atoms with Crippen molar-refractivity contribution < 1.29 is 28.6 Å². The van der Waals surface area contributed by atoms with Gasteiger partial charge in [-0.05, 0) is 89.7 Å². The minimum absolute atomic E-state index is 0.223. The quantitative estimate of drug-likeness (QED) is 0.256. The van der Waals surface area contributed by atoms with Gasteiger partial charge >= 0.3 is 5.97 Å². The molecule has 168 valence electrons. The van der Waals surface area contributed by atoms with Crippen molar-refractivity contribution in [3.8, 4) is 11.5 Å². The summed E-state index contributed by atoms with van der Waals surface area (Å²) in [5.41, 5.74) is 1.71. The lowest BCUT2D eigenvalue weighted by atomic mass is 10.1. The molecule has 7 nitrogen and oxygen atoms in total. The Kier molecular flexibility index (Phi) is 8.19. The van der Waals surface area contributed by atoms with Gasteiger partial charge in [0.15, 0.2) is 11.5 Å². The van der Waals surface area contributed by atoms with Crippen molar-refractivity contribution in [1.29, 1.82) is 0 Å². The number of carbonyl (C=O) groups excluding carboxylic acids is 3. The third-order valence-electron chi connectivity index (χ3n) is 4.63. The fourth-order valence-corrected chi connectivity index (χ4v) is 4.25. The number of nitrogens with zero attached hydrogens (tertiary/aromatic N) is 1. The molecular weight excluding hydrogens is 545 g/mol. The second-order valence-corrected chi connectivity index (χ2v) is 9.04. The van der Waals surface area contributed by atoms with Gasteiger partial charge in [0.2, 0.25) is 0 Å². The number of esters is 1. The predicted molar refractivity (Wildman–Crippen MR) is 130 cm³/mol. The number of hydrogen-bond acceptors (Lipinski definition) is 7. The highest BCUT2D eigenvalue weighted by Gasteiger charge is 2.41. The molecule has 1 fully saturated rings. The van der Waals surface area contributed by atoms with E-state index in [1.807, 2.05) is 31.2 Å². The van der Waals surface area contributed by atoms with Crippen LogP contribution in [-0.2, 0) is 20.9 Å². The van der Waals surface area contributed by atoms with Gasteiger partial charge in [-0.3, -0.25) is 14.5 Å². The van der Waals surface area contributed by atoms with Crippen LogP contribution in [0.25, 0.3) is 6.08 Å². The van der Waals surface area contributed by atoms with Crippen LogP contribution in [0.5, 0.6) is 11.5 Å². The third-order valence-corrected chi connectivity index (χ3v) is 6.23. The monoisotopic (exact) mass is 567 g/mol. The second-order valence-electron chi connectivity index (χ2n) is 6.81. The molecule has 0 aromatic heterocycles. The second kappa shape index (κ2) is 10.9. The van der Waals surface area contributed by atoms with E-state index in [0.717, 1.165) is 25.8 Å². The summed E-state index contributed by atoms with van der Waals surface area (Å²) in [5.74, 6) is -0.0689. The number of ether oxygens (including phenoxy) is 3. The average molecular weight is 567 g/mol. The Balaban J connectivity index is 1.79. The lowest BCUT2D eigenvalue weighted by molar-refractivity contribution is -0.148. The highest BCUT2D eigenvalue weighted by molar-refractivity contribution is 14.1. The van der Waals surface area contributed by atoms with E-state index in [9.17, 15) is 14.4 Å². The summed E-state index contributed by atoms with van der Waals surface area (Å²) in [6.45, 7) is 4.16. The molecule has 1 saturated heterocycles. The highest BCUT2D eigenvalue weighted by Crippen LogP contribution is 2.36. The zero-order valence-electron chi connectivity index (χ0n) is 17.8. The minimum Gasteiger partial charge on any atom is -0.490 e. The van der Waals surface area contributed by atoms with E-state index in [1.54, 1.807) is 24.3 Å². The zero-order valence-corrected chi connectivity index (χ0v) is 20.8. The van der Waals surface area contributed by atoms with Crippen molar-refractivity contribution in [1.82, 2.24) is 4.90 Å². The van der Waals surface area contributed by atoms with E-state index in [1.165, 1.54) is 14.0 Å². The van der Waals surface area contributed by atoms with Gasteiger partial charge < -0.3 is 14.2 Å². The van der Waals surface area contributed by atoms with Crippen molar-refractivity contribution in [3.05, 3.63) is 62.1 Å². The van der Waals surface area contributed by atoms with Gasteiger partial charge in [-0.15, -0.1) is 0 Å². The molecule has 2 amide bonds. The molecule has 2 aromatic carbocycles. The van der Waals surface area contributed by atoms with Gasteiger partial charge in [-0.2, -0.15) is 0 Å². The van der Waals surface area contributed by atoms with Gasteiger partial charge in [0, 0.05) is 3.57 Å². The molecule has 1 atom stereocenters. The number of benzene rings is 2. The molecule has 0 aliphatic carbocycles. The maximum absolute atomic E-state index is 12.7. The molecule has 1 heterocycles. The first kappa shape index (κ1) is 24.1. The normalized spacial score (nSPS) is 15.8. The molecule has 1 aliphatic rings. The largest absolute Gasteiger partial charge is 0.490 e. The summed E-state index contributed by atoms with van der Waals surface area (Å²) in [6, 6.07) is 12.3. The number of carbonyl (C=O) groups is 3. The first-order chi connectivity index (χ1) is 15.3. The molecule has 0 saturated carbocycles. The molecule has 0 spiro atoms. The maximum atomic E-state index is 12.7. The molecule has 2 aromatic rings. The lowest BCUT2D eigenvalue weighted by Crippen LogP contribution is -2.42. The van der Waals surface area contributed by atoms with Gasteiger partial charge in [0.25, 0.3) is 11.1 Å². The molecule has 32 heavy (non-hydrogen) atoms. The van der Waals surface area contributed by atoms with Crippen molar-refractivity contribution in [2.75, 3.05) is 13.7 Å². The van der Waals surface area contributed by atoms with E-state index in [-0.39, 0.29) is 4.91 Å². The SMILES string of the molecule is CCOc1cc(/C=C2/SC(=O)N([C@H](C)C(=O)OC)C2=O)ccc1OCc1ccc(I)cc1. The predicted octanol–water partition coefficient (Wildman–Crippen LogP) is 4.87. The van der Waals surface area contributed by atoms with Crippen LogP contribution in [-0.4, -0.2) is 41.8 Å². The Labute approximate surface area is 204 Å². The van der Waals surface area contributed by atoms with Crippen LogP contribution in [0.3, 0.4) is 0 Å². The fraction of sp³-hybridized carbons (Fsp3) is 0.261. The average Bonchev–Trinajstić information content (AvgIpc) is 3.06. The summed E-state index contributed by atoms with van der Waals surface area (Å²) in [7, 11) is 1.21. The molecular formula is C23H22INO6S. The van der Waals surface area contributed by atoms with Crippen LogP contribution in [0.15, 0.2) is 47.4 Å². The van der Waals surface area contributed by atoms with Crippen LogP contribution in [0.1, 0.15) is 25.0 Å². The van der Waals surface area contributed by atoms with Crippen LogP contribution in [0.2, 0.25) is 0 Å². The maximum Gasteiger partial charge on any atom is 0.328 e. The summed E-state index contributed by atoms with van der Waals surface area (Å²) in [4.78, 5) is 37.9. The summed E-state index contributed by atoms with van der Waals surface area (Å²) in [6.07, 6.45) is 1.60. The topological polar surface area (TPSA) is 82.1 Å². The molecule has 0 N–H and O–H groups in total. The van der Waals surface area contributed by atoms with Gasteiger partial charge in [0.1, 0.15) is 12.6 Å². The van der Waals surface area contributed by atoms with Gasteiger partial charge in [-0.25, -0.2) is 4.79 Å². The Morgan fingerprint density at radius 2 is 1.84 bits per heavy atom. The fourth-order valence-electron chi connectivity index (χ4n) is 2.98. The first-order valence-electron chi connectivity index (χ1n) is 9.83. The number of methoxy groups -OCH3 is 1.